The van der Waals surface area contributed by atoms with Crippen molar-refractivity contribution in [2.24, 2.45) is 0 Å². The summed E-state index contributed by atoms with van der Waals surface area (Å²) in [6.07, 6.45) is 3.14. The zero-order valence-electron chi connectivity index (χ0n) is 13.2. The second-order valence-electron chi connectivity index (χ2n) is 5.48. The molecule has 0 atom stereocenters. The van der Waals surface area contributed by atoms with Crippen LogP contribution in [-0.4, -0.2) is 25.7 Å². The van der Waals surface area contributed by atoms with Crippen LogP contribution in [-0.2, 0) is 13.1 Å². The Kier molecular flexibility index (Phi) is 4.51. The van der Waals surface area contributed by atoms with Gasteiger partial charge in [-0.15, -0.1) is 0 Å². The molecule has 0 aliphatic carbocycles. The van der Waals surface area contributed by atoms with Gasteiger partial charge in [-0.05, 0) is 30.2 Å². The molecule has 0 fully saturated rings. The summed E-state index contributed by atoms with van der Waals surface area (Å²) in [5.74, 6) is -0.391. The summed E-state index contributed by atoms with van der Waals surface area (Å²) >= 11 is 0. The molecule has 0 spiro atoms. The highest BCUT2D eigenvalue weighted by Gasteiger charge is 2.10. The van der Waals surface area contributed by atoms with Crippen LogP contribution in [0.25, 0.3) is 0 Å². The van der Waals surface area contributed by atoms with Gasteiger partial charge in [0.25, 0.3) is 11.5 Å². The molecule has 2 heterocycles. The lowest BCUT2D eigenvalue weighted by Gasteiger charge is -2.07. The van der Waals surface area contributed by atoms with Gasteiger partial charge < -0.3 is 10.3 Å². The first kappa shape index (κ1) is 15.7. The summed E-state index contributed by atoms with van der Waals surface area (Å²) < 4.78 is 1.73. The molecule has 3 aromatic rings. The van der Waals surface area contributed by atoms with Crippen molar-refractivity contribution in [1.82, 2.24) is 25.1 Å². The predicted molar refractivity (Wildman–Crippen MR) is 88.5 cm³/mol. The maximum Gasteiger partial charge on any atom is 0.260 e. The third kappa shape index (κ3) is 3.75. The number of pyridine rings is 1. The summed E-state index contributed by atoms with van der Waals surface area (Å²) in [7, 11) is 0. The predicted octanol–water partition coefficient (Wildman–Crippen LogP) is 1.25. The molecule has 0 aliphatic rings. The maximum absolute atomic E-state index is 12.1. The number of carbonyl (C=O) groups is 1. The molecule has 0 radical (unpaired) electrons. The molecule has 24 heavy (non-hydrogen) atoms. The zero-order valence-corrected chi connectivity index (χ0v) is 13.2. The van der Waals surface area contributed by atoms with Gasteiger partial charge in [0.15, 0.2) is 0 Å². The number of nitrogens with zero attached hydrogens (tertiary/aromatic N) is 3. The molecule has 2 aromatic heterocycles. The number of amides is 1. The average Bonchev–Trinajstić information content (AvgIpc) is 3.06. The maximum atomic E-state index is 12.1. The monoisotopic (exact) mass is 323 g/mol. The molecule has 7 heteroatoms. The largest absolute Gasteiger partial charge is 0.348 e. The lowest BCUT2D eigenvalue weighted by atomic mass is 10.1. The van der Waals surface area contributed by atoms with Gasteiger partial charge >= 0.3 is 0 Å². The van der Waals surface area contributed by atoms with Crippen LogP contribution < -0.4 is 10.9 Å². The van der Waals surface area contributed by atoms with Gasteiger partial charge in [-0.25, -0.2) is 9.67 Å². The fourth-order valence-corrected chi connectivity index (χ4v) is 2.37. The number of carbonyl (C=O) groups excluding carboxylic acids is 1. The highest BCUT2D eigenvalue weighted by molar-refractivity contribution is 5.93. The summed E-state index contributed by atoms with van der Waals surface area (Å²) in [6, 6.07) is 11.1. The van der Waals surface area contributed by atoms with Crippen molar-refractivity contribution in [2.75, 3.05) is 0 Å². The SMILES string of the molecule is Cc1ccc(C(=O)NCc2cccc(Cn3cncn3)c2)c(=O)[nH]1. The van der Waals surface area contributed by atoms with Crippen molar-refractivity contribution in [1.29, 1.82) is 0 Å². The van der Waals surface area contributed by atoms with E-state index in [9.17, 15) is 9.59 Å². The van der Waals surface area contributed by atoms with Crippen LogP contribution in [0.4, 0.5) is 0 Å². The van der Waals surface area contributed by atoms with Gasteiger partial charge in [0.05, 0.1) is 6.54 Å². The Morgan fingerprint density at radius 2 is 2.08 bits per heavy atom. The number of aromatic amines is 1. The molecule has 1 amide bonds. The molecule has 122 valence electrons. The Morgan fingerprint density at radius 1 is 1.25 bits per heavy atom. The number of hydrogen-bond acceptors (Lipinski definition) is 4. The van der Waals surface area contributed by atoms with Crippen molar-refractivity contribution in [3.63, 3.8) is 0 Å². The van der Waals surface area contributed by atoms with Crippen LogP contribution in [0.3, 0.4) is 0 Å². The molecule has 0 aliphatic heterocycles. The van der Waals surface area contributed by atoms with Crippen molar-refractivity contribution in [2.45, 2.75) is 20.0 Å². The summed E-state index contributed by atoms with van der Waals surface area (Å²) in [5.41, 5.74) is 2.45. The number of H-pyrrole nitrogens is 1. The third-order valence-corrected chi connectivity index (χ3v) is 3.56. The van der Waals surface area contributed by atoms with Crippen molar-refractivity contribution < 1.29 is 4.79 Å². The minimum Gasteiger partial charge on any atom is -0.348 e. The number of aromatic nitrogens is 4. The van der Waals surface area contributed by atoms with Crippen molar-refractivity contribution in [3.05, 3.63) is 81.8 Å². The highest BCUT2D eigenvalue weighted by Crippen LogP contribution is 2.07. The Labute approximate surface area is 138 Å². The highest BCUT2D eigenvalue weighted by atomic mass is 16.2. The van der Waals surface area contributed by atoms with Crippen LogP contribution in [0.15, 0.2) is 53.8 Å². The van der Waals surface area contributed by atoms with Crippen LogP contribution >= 0.6 is 0 Å². The molecule has 3 rings (SSSR count). The van der Waals surface area contributed by atoms with E-state index in [0.29, 0.717) is 13.1 Å². The minimum atomic E-state index is -0.391. The number of benzene rings is 1. The minimum absolute atomic E-state index is 0.111. The normalized spacial score (nSPS) is 10.5. The molecule has 7 nitrogen and oxygen atoms in total. The van der Waals surface area contributed by atoms with E-state index in [2.05, 4.69) is 20.4 Å². The quantitative estimate of drug-likeness (QED) is 0.739. The molecular formula is C17H17N5O2. The van der Waals surface area contributed by atoms with Gasteiger partial charge in [-0.3, -0.25) is 9.59 Å². The Balaban J connectivity index is 1.66. The standard InChI is InChI=1S/C17H17N5O2/c1-12-5-6-15(17(24)21-12)16(23)19-8-13-3-2-4-14(7-13)9-22-11-18-10-20-22/h2-7,10-11H,8-9H2,1H3,(H,19,23)(H,21,24). The molecule has 2 N–H and O–H groups in total. The van der Waals surface area contributed by atoms with Gasteiger partial charge in [0.1, 0.15) is 18.2 Å². The third-order valence-electron chi connectivity index (χ3n) is 3.56. The van der Waals surface area contributed by atoms with E-state index in [0.717, 1.165) is 16.8 Å². The first-order valence-electron chi connectivity index (χ1n) is 7.50. The lowest BCUT2D eigenvalue weighted by molar-refractivity contribution is 0.0949. The van der Waals surface area contributed by atoms with E-state index < -0.39 is 5.91 Å². The molecule has 1 aromatic carbocycles. The first-order chi connectivity index (χ1) is 11.6. The van der Waals surface area contributed by atoms with Gasteiger partial charge in [0.2, 0.25) is 0 Å². The molecule has 0 bridgehead atoms. The van der Waals surface area contributed by atoms with E-state index in [-0.39, 0.29) is 11.1 Å². The van der Waals surface area contributed by atoms with Crippen molar-refractivity contribution in [3.8, 4) is 0 Å². The van der Waals surface area contributed by atoms with E-state index in [1.165, 1.54) is 12.4 Å². The summed E-state index contributed by atoms with van der Waals surface area (Å²) in [5, 5.41) is 6.84. The fraction of sp³-hybridized carbons (Fsp3) is 0.176. The van der Waals surface area contributed by atoms with E-state index in [4.69, 9.17) is 0 Å². The smallest absolute Gasteiger partial charge is 0.260 e. The molecule has 0 saturated heterocycles. The van der Waals surface area contributed by atoms with Crippen LogP contribution in [0, 0.1) is 6.92 Å². The van der Waals surface area contributed by atoms with Gasteiger partial charge in [-0.2, -0.15) is 5.10 Å². The number of rotatable bonds is 5. The number of nitrogens with one attached hydrogen (secondary N) is 2. The second kappa shape index (κ2) is 6.91. The molecule has 0 saturated carbocycles. The Morgan fingerprint density at radius 3 is 2.83 bits per heavy atom. The van der Waals surface area contributed by atoms with E-state index in [1.807, 2.05) is 24.3 Å². The topological polar surface area (TPSA) is 92.7 Å². The Bertz CT molecular complexity index is 899. The van der Waals surface area contributed by atoms with Gasteiger partial charge in [-0.1, -0.05) is 24.3 Å². The zero-order chi connectivity index (χ0) is 16.9. The van der Waals surface area contributed by atoms with Crippen LogP contribution in [0.1, 0.15) is 27.2 Å². The summed E-state index contributed by atoms with van der Waals surface area (Å²) in [6.45, 7) is 2.72. The number of aryl methyl sites for hydroxylation is 1. The first-order valence-corrected chi connectivity index (χ1v) is 7.50. The van der Waals surface area contributed by atoms with Crippen molar-refractivity contribution >= 4 is 5.91 Å². The Hall–Kier alpha value is -3.22. The van der Waals surface area contributed by atoms with Crippen LogP contribution in [0.2, 0.25) is 0 Å². The molecule has 0 unspecified atom stereocenters. The van der Waals surface area contributed by atoms with E-state index in [1.54, 1.807) is 24.0 Å². The fourth-order valence-electron chi connectivity index (χ4n) is 2.37. The lowest BCUT2D eigenvalue weighted by Crippen LogP contribution is -2.29. The second-order valence-corrected chi connectivity index (χ2v) is 5.48. The van der Waals surface area contributed by atoms with E-state index >= 15 is 0 Å². The van der Waals surface area contributed by atoms with Crippen LogP contribution in [0.5, 0.6) is 0 Å². The average molecular weight is 323 g/mol. The molecular weight excluding hydrogens is 306 g/mol. The van der Waals surface area contributed by atoms with Gasteiger partial charge in [0, 0.05) is 12.2 Å². The summed E-state index contributed by atoms with van der Waals surface area (Å²) in [4.78, 5) is 30.5. The number of hydrogen-bond donors (Lipinski definition) is 2.